The number of amides is 1. The smallest absolute Gasteiger partial charge is 0.345 e. The first-order valence-electron chi connectivity index (χ1n) is 10.4. The van der Waals surface area contributed by atoms with Crippen molar-refractivity contribution in [3.63, 3.8) is 0 Å². The van der Waals surface area contributed by atoms with E-state index >= 15 is 0 Å². The average Bonchev–Trinajstić information content (AvgIpc) is 3.03. The van der Waals surface area contributed by atoms with Crippen LogP contribution in [0.25, 0.3) is 0 Å². The third-order valence-electron chi connectivity index (χ3n) is 5.81. The van der Waals surface area contributed by atoms with Crippen LogP contribution in [0.1, 0.15) is 47.4 Å². The second-order valence-corrected chi connectivity index (χ2v) is 8.01. The molecule has 1 fully saturated rings. The minimum Gasteiger partial charge on any atom is -0.348 e. The van der Waals surface area contributed by atoms with Gasteiger partial charge in [-0.25, -0.2) is 9.48 Å². The Morgan fingerprint density at radius 1 is 1.14 bits per heavy atom. The van der Waals surface area contributed by atoms with E-state index in [-0.39, 0.29) is 17.6 Å². The van der Waals surface area contributed by atoms with E-state index in [1.165, 1.54) is 0 Å². The predicted octanol–water partition coefficient (Wildman–Crippen LogP) is 1.58. The highest BCUT2D eigenvalue weighted by Crippen LogP contribution is 2.12. The van der Waals surface area contributed by atoms with E-state index < -0.39 is 0 Å². The molecule has 0 spiro atoms. The van der Waals surface area contributed by atoms with Crippen LogP contribution in [0.4, 0.5) is 0 Å². The van der Waals surface area contributed by atoms with Crippen LogP contribution in [0, 0.1) is 6.92 Å². The average molecular weight is 383 g/mol. The normalized spacial score (nSPS) is 20.0. The Morgan fingerprint density at radius 3 is 2.75 bits per heavy atom. The van der Waals surface area contributed by atoms with Crippen molar-refractivity contribution in [2.45, 2.75) is 58.2 Å². The summed E-state index contributed by atoms with van der Waals surface area (Å²) in [6.07, 6.45) is 5.12. The summed E-state index contributed by atoms with van der Waals surface area (Å²) in [4.78, 5) is 27.3. The van der Waals surface area contributed by atoms with Gasteiger partial charge in [-0.2, -0.15) is 5.10 Å². The summed E-state index contributed by atoms with van der Waals surface area (Å²) in [7, 11) is 0. The molecule has 7 heteroatoms. The van der Waals surface area contributed by atoms with Gasteiger partial charge < -0.3 is 5.32 Å². The topological polar surface area (TPSA) is 72.2 Å². The maximum atomic E-state index is 12.5. The van der Waals surface area contributed by atoms with Gasteiger partial charge in [0.15, 0.2) is 0 Å². The molecule has 1 amide bonds. The molecule has 1 aromatic carbocycles. The zero-order chi connectivity index (χ0) is 19.5. The summed E-state index contributed by atoms with van der Waals surface area (Å²) in [5.74, 6) is 0.919. The lowest BCUT2D eigenvalue weighted by Crippen LogP contribution is -2.48. The predicted molar refractivity (Wildman–Crippen MR) is 108 cm³/mol. The number of hydrogen-bond donors (Lipinski definition) is 1. The van der Waals surface area contributed by atoms with E-state index in [0.29, 0.717) is 12.1 Å². The van der Waals surface area contributed by atoms with Crippen molar-refractivity contribution in [2.24, 2.45) is 0 Å². The summed E-state index contributed by atoms with van der Waals surface area (Å²) in [5, 5.41) is 7.68. The third kappa shape index (κ3) is 4.19. The second kappa shape index (κ2) is 8.31. The quantitative estimate of drug-likeness (QED) is 0.851. The maximum Gasteiger partial charge on any atom is 0.345 e. The maximum absolute atomic E-state index is 12.5. The molecule has 150 valence electrons. The number of hydrogen-bond acceptors (Lipinski definition) is 4. The molecular weight excluding hydrogens is 354 g/mol. The van der Waals surface area contributed by atoms with Crippen molar-refractivity contribution >= 4 is 5.91 Å². The van der Waals surface area contributed by atoms with Crippen LogP contribution in [0.3, 0.4) is 0 Å². The highest BCUT2D eigenvalue weighted by atomic mass is 16.2. The van der Waals surface area contributed by atoms with Crippen LogP contribution >= 0.6 is 0 Å². The van der Waals surface area contributed by atoms with E-state index in [0.717, 1.165) is 69.7 Å². The van der Waals surface area contributed by atoms with Gasteiger partial charge in [0, 0.05) is 37.7 Å². The van der Waals surface area contributed by atoms with Crippen LogP contribution in [0.5, 0.6) is 0 Å². The summed E-state index contributed by atoms with van der Waals surface area (Å²) in [6.45, 7) is 6.03. The first-order chi connectivity index (χ1) is 13.6. The number of rotatable bonds is 5. The second-order valence-electron chi connectivity index (χ2n) is 8.01. The van der Waals surface area contributed by atoms with Gasteiger partial charge in [-0.05, 0) is 51.3 Å². The Labute approximate surface area is 165 Å². The van der Waals surface area contributed by atoms with Crippen molar-refractivity contribution in [2.75, 3.05) is 19.6 Å². The first-order valence-corrected chi connectivity index (χ1v) is 10.4. The lowest BCUT2D eigenvalue weighted by Gasteiger charge is -2.33. The number of fused-ring (bicyclic) bond motifs is 1. The zero-order valence-electron chi connectivity index (χ0n) is 16.6. The van der Waals surface area contributed by atoms with Crippen LogP contribution in [-0.2, 0) is 19.5 Å². The summed E-state index contributed by atoms with van der Waals surface area (Å²) in [5.41, 5.74) is 1.88. The lowest BCUT2D eigenvalue weighted by atomic mass is 10.0. The third-order valence-corrected chi connectivity index (χ3v) is 5.81. The van der Waals surface area contributed by atoms with Crippen molar-refractivity contribution in [1.82, 2.24) is 24.6 Å². The number of benzene rings is 1. The fourth-order valence-corrected chi connectivity index (χ4v) is 4.18. The van der Waals surface area contributed by atoms with Gasteiger partial charge >= 0.3 is 5.69 Å². The van der Waals surface area contributed by atoms with Gasteiger partial charge in [-0.1, -0.05) is 17.7 Å². The van der Waals surface area contributed by atoms with Crippen molar-refractivity contribution < 1.29 is 4.79 Å². The number of nitrogens with one attached hydrogen (secondary N) is 1. The number of likely N-dealkylation sites (tertiary alicyclic amines) is 1. The summed E-state index contributed by atoms with van der Waals surface area (Å²) in [6, 6.07) is 7.82. The molecule has 1 aromatic heterocycles. The molecule has 3 heterocycles. The monoisotopic (exact) mass is 383 g/mol. The van der Waals surface area contributed by atoms with E-state index in [2.05, 4.69) is 15.3 Å². The standard InChI is InChI=1S/C21H29N5O2/c1-16-7-9-17(10-8-16)20(27)22-18-5-4-11-24(15-18)13-14-26-21(28)25-12-3-2-6-19(25)23-26/h7-10,18H,2-6,11-15H2,1H3,(H,22,27). The number of aryl methyl sites for hydroxylation is 2. The fraction of sp³-hybridized carbons (Fsp3) is 0.571. The molecular formula is C21H29N5O2. The Bertz CT molecular complexity index is 883. The highest BCUT2D eigenvalue weighted by molar-refractivity contribution is 5.94. The number of aromatic nitrogens is 3. The number of piperidine rings is 1. The highest BCUT2D eigenvalue weighted by Gasteiger charge is 2.23. The van der Waals surface area contributed by atoms with E-state index in [9.17, 15) is 9.59 Å². The number of nitrogens with zero attached hydrogens (tertiary/aromatic N) is 4. The van der Waals surface area contributed by atoms with Gasteiger partial charge in [0.25, 0.3) is 5.91 Å². The van der Waals surface area contributed by atoms with Crippen molar-refractivity contribution in [3.05, 3.63) is 51.7 Å². The minimum atomic E-state index is -0.00940. The zero-order valence-corrected chi connectivity index (χ0v) is 16.6. The van der Waals surface area contributed by atoms with Gasteiger partial charge in [-0.3, -0.25) is 14.3 Å². The summed E-state index contributed by atoms with van der Waals surface area (Å²) >= 11 is 0. The van der Waals surface area contributed by atoms with Crippen molar-refractivity contribution in [1.29, 1.82) is 0 Å². The van der Waals surface area contributed by atoms with E-state index in [1.807, 2.05) is 35.8 Å². The molecule has 7 nitrogen and oxygen atoms in total. The Kier molecular flexibility index (Phi) is 5.62. The Hall–Kier alpha value is -2.41. The van der Waals surface area contributed by atoms with Crippen LogP contribution in [-0.4, -0.2) is 50.8 Å². The largest absolute Gasteiger partial charge is 0.348 e. The van der Waals surface area contributed by atoms with Crippen LogP contribution in [0.2, 0.25) is 0 Å². The molecule has 2 aliphatic heterocycles. The molecule has 0 saturated carbocycles. The van der Waals surface area contributed by atoms with Gasteiger partial charge in [0.1, 0.15) is 5.82 Å². The molecule has 28 heavy (non-hydrogen) atoms. The lowest BCUT2D eigenvalue weighted by molar-refractivity contribution is 0.0901. The van der Waals surface area contributed by atoms with Gasteiger partial charge in [0.05, 0.1) is 6.54 Å². The molecule has 0 aliphatic carbocycles. The summed E-state index contributed by atoms with van der Waals surface area (Å²) < 4.78 is 3.44. The molecule has 2 aliphatic rings. The molecule has 1 saturated heterocycles. The molecule has 0 radical (unpaired) electrons. The number of carbonyl (C=O) groups excluding carboxylic acids is 1. The van der Waals surface area contributed by atoms with Crippen LogP contribution in [0.15, 0.2) is 29.1 Å². The van der Waals surface area contributed by atoms with E-state index in [1.54, 1.807) is 4.68 Å². The number of carbonyl (C=O) groups is 1. The molecule has 1 atom stereocenters. The van der Waals surface area contributed by atoms with Crippen LogP contribution < -0.4 is 11.0 Å². The molecule has 4 rings (SSSR count). The van der Waals surface area contributed by atoms with Crippen molar-refractivity contribution in [3.8, 4) is 0 Å². The Balaban J connectivity index is 1.31. The molecule has 1 N–H and O–H groups in total. The SMILES string of the molecule is Cc1ccc(C(=O)NC2CCCN(CCn3nc4n(c3=O)CCCC4)C2)cc1. The molecule has 0 bridgehead atoms. The fourth-order valence-electron chi connectivity index (χ4n) is 4.18. The first kappa shape index (κ1) is 18.9. The minimum absolute atomic E-state index is 0.00940. The van der Waals surface area contributed by atoms with Gasteiger partial charge in [0.2, 0.25) is 0 Å². The molecule has 1 unspecified atom stereocenters. The molecule has 2 aromatic rings. The Morgan fingerprint density at radius 2 is 1.96 bits per heavy atom. The van der Waals surface area contributed by atoms with Gasteiger partial charge in [-0.15, -0.1) is 0 Å². The van der Waals surface area contributed by atoms with E-state index in [4.69, 9.17) is 0 Å².